The molecule has 12 nitrogen and oxygen atoms in total. The topological polar surface area (TPSA) is 147 Å². The Balaban J connectivity index is 1.32. The van der Waals surface area contributed by atoms with E-state index in [0.29, 0.717) is 50.9 Å². The lowest BCUT2D eigenvalue weighted by Crippen LogP contribution is -2.59. The molecule has 5 rings (SSSR count). The zero-order chi connectivity index (χ0) is 30.3. The number of anilines is 1. The number of nitrogens with one attached hydrogen (secondary N) is 1. The largest absolute Gasteiger partial charge is 0.476 e. The molecule has 2 aromatic carbocycles. The van der Waals surface area contributed by atoms with Crippen LogP contribution in [0.3, 0.4) is 0 Å². The van der Waals surface area contributed by atoms with E-state index in [9.17, 15) is 14.9 Å². The number of aliphatic imine (C=N–C) groups is 1. The highest BCUT2D eigenvalue weighted by atomic mass is 16.6. The number of hydrogen-bond donors (Lipinski definition) is 2. The summed E-state index contributed by atoms with van der Waals surface area (Å²) >= 11 is 0. The number of nitrogens with zero attached hydrogens (tertiary/aromatic N) is 7. The minimum Gasteiger partial charge on any atom is -0.476 e. The van der Waals surface area contributed by atoms with Crippen LogP contribution in [0.15, 0.2) is 65.9 Å². The normalized spacial score (nSPS) is 16.8. The molecular weight excluding hydrogens is 548 g/mol. The number of benzene rings is 2. The van der Waals surface area contributed by atoms with Crippen LogP contribution in [0.25, 0.3) is 0 Å². The van der Waals surface area contributed by atoms with Crippen LogP contribution >= 0.6 is 0 Å². The van der Waals surface area contributed by atoms with E-state index < -0.39 is 5.97 Å². The Morgan fingerprint density at radius 2 is 1.93 bits per heavy atom. The fourth-order valence-corrected chi connectivity index (χ4v) is 5.44. The molecule has 2 aliphatic rings. The summed E-state index contributed by atoms with van der Waals surface area (Å²) in [6.07, 6.45) is 5.06. The number of aromatic carboxylic acids is 1. The van der Waals surface area contributed by atoms with Gasteiger partial charge < -0.3 is 24.5 Å². The third-order valence-electron chi connectivity index (χ3n) is 7.74. The van der Waals surface area contributed by atoms with Crippen LogP contribution in [0.2, 0.25) is 0 Å². The van der Waals surface area contributed by atoms with E-state index >= 15 is 0 Å². The average Bonchev–Trinajstić information content (AvgIpc) is 3.03. The lowest BCUT2D eigenvalue weighted by molar-refractivity contribution is 0.0689. The number of carboxylic acid groups (broad SMARTS) is 1. The van der Waals surface area contributed by atoms with Crippen molar-refractivity contribution in [1.29, 1.82) is 5.26 Å². The van der Waals surface area contributed by atoms with E-state index in [0.717, 1.165) is 22.4 Å². The number of carbonyl (C=O) groups excluding carboxylic acids is 1. The van der Waals surface area contributed by atoms with Gasteiger partial charge in [0.2, 0.25) is 5.96 Å². The fourth-order valence-electron chi connectivity index (χ4n) is 5.44. The van der Waals surface area contributed by atoms with Crippen molar-refractivity contribution in [3.05, 3.63) is 83.3 Å². The molecule has 1 unspecified atom stereocenters. The number of carboxylic acids is 1. The molecule has 1 saturated heterocycles. The first-order chi connectivity index (χ1) is 20.8. The minimum absolute atomic E-state index is 0.0104. The van der Waals surface area contributed by atoms with Gasteiger partial charge in [0.25, 0.3) is 0 Å². The first kappa shape index (κ1) is 29.3. The summed E-state index contributed by atoms with van der Waals surface area (Å²) in [4.78, 5) is 43.1. The molecule has 0 saturated carbocycles. The Kier molecular flexibility index (Phi) is 9.00. The van der Waals surface area contributed by atoms with Crippen molar-refractivity contribution in [1.82, 2.24) is 25.1 Å². The maximum atomic E-state index is 12.8. The standard InChI is InChI=1S/C31H34N8O4/c1-21(2)27-18-37(28-16-33-26(15-34-28)29(40)41)13-14-39(27)30(35-20-32)36-25-10-6-9-23-17-38(12-11-24(23)25)31(42)43-19-22-7-4-3-5-8-22/h3-10,15-16,21,27H,11-14,17-19H2,1-2H3,(H,35,36)(H,40,41). The number of carbonyl (C=O) groups is 2. The molecule has 0 radical (unpaired) electrons. The van der Waals surface area contributed by atoms with E-state index in [4.69, 9.17) is 14.8 Å². The number of guanidine groups is 1. The van der Waals surface area contributed by atoms with Gasteiger partial charge in [-0.05, 0) is 35.1 Å². The Hall–Kier alpha value is -5.18. The quantitative estimate of drug-likeness (QED) is 0.190. The van der Waals surface area contributed by atoms with E-state index in [1.165, 1.54) is 12.4 Å². The fraction of sp³-hybridized carbons (Fsp3) is 0.355. The second kappa shape index (κ2) is 13.2. The number of amides is 1. The summed E-state index contributed by atoms with van der Waals surface area (Å²) in [5, 5.41) is 21.6. The Labute approximate surface area is 250 Å². The first-order valence-electron chi connectivity index (χ1n) is 14.2. The third kappa shape index (κ3) is 6.83. The van der Waals surface area contributed by atoms with E-state index in [1.807, 2.05) is 48.5 Å². The van der Waals surface area contributed by atoms with Crippen LogP contribution in [0.1, 0.15) is 41.0 Å². The Morgan fingerprint density at radius 1 is 1.12 bits per heavy atom. The number of hydrogen-bond acceptors (Lipinski definition) is 8. The van der Waals surface area contributed by atoms with Crippen LogP contribution < -0.4 is 10.2 Å². The van der Waals surface area contributed by atoms with Crippen molar-refractivity contribution in [2.24, 2.45) is 10.9 Å². The lowest BCUT2D eigenvalue weighted by Gasteiger charge is -2.44. The van der Waals surface area contributed by atoms with Gasteiger partial charge in [-0.2, -0.15) is 5.26 Å². The Bertz CT molecular complexity index is 1520. The van der Waals surface area contributed by atoms with E-state index in [1.54, 1.807) is 4.90 Å². The molecule has 3 aromatic rings. The van der Waals surface area contributed by atoms with Crippen molar-refractivity contribution in [2.45, 2.75) is 39.5 Å². The average molecular weight is 583 g/mol. The van der Waals surface area contributed by atoms with Crippen molar-refractivity contribution in [2.75, 3.05) is 31.1 Å². The SMILES string of the molecule is CC(C)C1CN(c2cnc(C(=O)O)cn2)CCN1C(=Nc1cccc2c1CCN(C(=O)OCc1ccccc1)C2)NC#N. The number of aromatic nitrogens is 2. The predicted molar refractivity (Wildman–Crippen MR) is 160 cm³/mol. The molecule has 0 spiro atoms. The molecular formula is C31H34N8O4. The van der Waals surface area contributed by atoms with Crippen molar-refractivity contribution >= 4 is 29.5 Å². The number of nitriles is 1. The van der Waals surface area contributed by atoms with Gasteiger partial charge in [-0.25, -0.2) is 24.5 Å². The monoisotopic (exact) mass is 582 g/mol. The second-order valence-corrected chi connectivity index (χ2v) is 10.8. The molecule has 0 bridgehead atoms. The van der Waals surface area contributed by atoms with Crippen LogP contribution in [0, 0.1) is 17.4 Å². The summed E-state index contributed by atoms with van der Waals surface area (Å²) in [6, 6.07) is 15.4. The molecule has 12 heteroatoms. The number of ether oxygens (including phenoxy) is 1. The molecule has 1 aromatic heterocycles. The lowest BCUT2D eigenvalue weighted by atomic mass is 9.98. The van der Waals surface area contributed by atoms with Gasteiger partial charge in [0.15, 0.2) is 11.9 Å². The van der Waals surface area contributed by atoms with Crippen LogP contribution in [-0.2, 0) is 24.3 Å². The van der Waals surface area contributed by atoms with Crippen LogP contribution in [-0.4, -0.2) is 75.1 Å². The molecule has 2 N–H and O–H groups in total. The van der Waals surface area contributed by atoms with Crippen molar-refractivity contribution < 1.29 is 19.4 Å². The number of fused-ring (bicyclic) bond motifs is 1. The molecule has 222 valence electrons. The molecule has 3 heterocycles. The minimum atomic E-state index is -1.12. The molecule has 1 atom stereocenters. The summed E-state index contributed by atoms with van der Waals surface area (Å²) in [5.74, 6) is 0.156. The number of rotatable bonds is 6. The summed E-state index contributed by atoms with van der Waals surface area (Å²) in [5.41, 5.74) is 3.63. The van der Waals surface area contributed by atoms with Crippen LogP contribution in [0.4, 0.5) is 16.3 Å². The molecule has 1 fully saturated rings. The van der Waals surface area contributed by atoms with E-state index in [2.05, 4.69) is 45.1 Å². The van der Waals surface area contributed by atoms with Gasteiger partial charge in [-0.1, -0.05) is 56.3 Å². The maximum absolute atomic E-state index is 12.8. The van der Waals surface area contributed by atoms with Gasteiger partial charge in [0.05, 0.1) is 24.1 Å². The zero-order valence-electron chi connectivity index (χ0n) is 24.2. The molecule has 0 aliphatic carbocycles. The first-order valence-corrected chi connectivity index (χ1v) is 14.2. The third-order valence-corrected chi connectivity index (χ3v) is 7.74. The van der Waals surface area contributed by atoms with E-state index in [-0.39, 0.29) is 30.4 Å². The van der Waals surface area contributed by atoms with Crippen LogP contribution in [0.5, 0.6) is 0 Å². The maximum Gasteiger partial charge on any atom is 0.410 e. The predicted octanol–water partition coefficient (Wildman–Crippen LogP) is 3.77. The van der Waals surface area contributed by atoms with Crippen molar-refractivity contribution in [3.8, 4) is 6.19 Å². The van der Waals surface area contributed by atoms with Gasteiger partial charge in [0, 0.05) is 32.7 Å². The molecule has 1 amide bonds. The van der Waals surface area contributed by atoms with Gasteiger partial charge >= 0.3 is 12.1 Å². The van der Waals surface area contributed by atoms with Gasteiger partial charge in [0.1, 0.15) is 12.4 Å². The van der Waals surface area contributed by atoms with Crippen molar-refractivity contribution in [3.63, 3.8) is 0 Å². The highest BCUT2D eigenvalue weighted by molar-refractivity contribution is 5.86. The second-order valence-electron chi connectivity index (χ2n) is 10.8. The zero-order valence-corrected chi connectivity index (χ0v) is 24.2. The highest BCUT2D eigenvalue weighted by Gasteiger charge is 2.33. The molecule has 2 aliphatic heterocycles. The number of piperazine rings is 1. The van der Waals surface area contributed by atoms with Gasteiger partial charge in [-0.3, -0.25) is 5.32 Å². The summed E-state index contributed by atoms with van der Waals surface area (Å²) in [7, 11) is 0. The summed E-state index contributed by atoms with van der Waals surface area (Å²) < 4.78 is 5.55. The smallest absolute Gasteiger partial charge is 0.410 e. The molecule has 43 heavy (non-hydrogen) atoms. The highest BCUT2D eigenvalue weighted by Crippen LogP contribution is 2.30. The Morgan fingerprint density at radius 3 is 2.63 bits per heavy atom. The summed E-state index contributed by atoms with van der Waals surface area (Å²) in [6.45, 7) is 7.11. The van der Waals surface area contributed by atoms with Gasteiger partial charge in [-0.15, -0.1) is 0 Å².